The van der Waals surface area contributed by atoms with Crippen molar-refractivity contribution in [2.75, 3.05) is 19.8 Å². The standard InChI is InChI=1S/C28H36N2O5/c1-20(2)35-25-12-8-22(9-13-25)19-26(28(33)29-16-17-31)30-27(32)23-10-14-24(15-11-23)34-18-4-3-5-21-6-7-21/h8-15,19-21,31H,3-7,16-18H2,1-2H3,(H,29,33)(H,30,32)/b26-19+. The van der Waals surface area contributed by atoms with E-state index in [1.807, 2.05) is 26.0 Å². The van der Waals surface area contributed by atoms with Gasteiger partial charge in [0.15, 0.2) is 0 Å². The highest BCUT2D eigenvalue weighted by molar-refractivity contribution is 6.05. The van der Waals surface area contributed by atoms with Crippen LogP contribution in [0.4, 0.5) is 0 Å². The summed E-state index contributed by atoms with van der Waals surface area (Å²) in [7, 11) is 0. The van der Waals surface area contributed by atoms with Crippen molar-refractivity contribution in [3.63, 3.8) is 0 Å². The zero-order valence-electron chi connectivity index (χ0n) is 20.6. The Labute approximate surface area is 207 Å². The number of nitrogens with one attached hydrogen (secondary N) is 2. The quantitative estimate of drug-likeness (QED) is 0.277. The number of unbranched alkanes of at least 4 members (excludes halogenated alkanes) is 1. The average molecular weight is 481 g/mol. The zero-order valence-corrected chi connectivity index (χ0v) is 20.6. The monoisotopic (exact) mass is 480 g/mol. The largest absolute Gasteiger partial charge is 0.494 e. The first-order valence-electron chi connectivity index (χ1n) is 12.4. The van der Waals surface area contributed by atoms with Crippen LogP contribution in [0.15, 0.2) is 54.2 Å². The van der Waals surface area contributed by atoms with E-state index in [-0.39, 0.29) is 25.0 Å². The highest BCUT2D eigenvalue weighted by Gasteiger charge is 2.20. The molecule has 3 rings (SSSR count). The van der Waals surface area contributed by atoms with E-state index in [1.54, 1.807) is 42.5 Å². The van der Waals surface area contributed by atoms with Gasteiger partial charge in [0, 0.05) is 12.1 Å². The Balaban J connectivity index is 1.60. The Morgan fingerprint density at radius 3 is 2.34 bits per heavy atom. The summed E-state index contributed by atoms with van der Waals surface area (Å²) in [6, 6.07) is 14.1. The summed E-state index contributed by atoms with van der Waals surface area (Å²) in [6.45, 7) is 4.44. The molecule has 1 saturated carbocycles. The van der Waals surface area contributed by atoms with Crippen molar-refractivity contribution in [1.29, 1.82) is 0 Å². The fraction of sp³-hybridized carbons (Fsp3) is 0.429. The highest BCUT2D eigenvalue weighted by atomic mass is 16.5. The van der Waals surface area contributed by atoms with Gasteiger partial charge in [0.05, 0.1) is 19.3 Å². The maximum Gasteiger partial charge on any atom is 0.267 e. The minimum Gasteiger partial charge on any atom is -0.494 e. The van der Waals surface area contributed by atoms with Crippen molar-refractivity contribution < 1.29 is 24.2 Å². The normalized spacial score (nSPS) is 13.4. The summed E-state index contributed by atoms with van der Waals surface area (Å²) >= 11 is 0. The van der Waals surface area contributed by atoms with E-state index >= 15 is 0 Å². The number of hydrogen-bond acceptors (Lipinski definition) is 5. The van der Waals surface area contributed by atoms with Gasteiger partial charge >= 0.3 is 0 Å². The number of hydrogen-bond donors (Lipinski definition) is 3. The first-order valence-corrected chi connectivity index (χ1v) is 12.4. The molecule has 1 aliphatic carbocycles. The molecule has 0 saturated heterocycles. The first-order chi connectivity index (χ1) is 16.9. The van der Waals surface area contributed by atoms with E-state index in [4.69, 9.17) is 14.6 Å². The van der Waals surface area contributed by atoms with Gasteiger partial charge < -0.3 is 25.2 Å². The number of amides is 2. The van der Waals surface area contributed by atoms with Crippen molar-refractivity contribution in [2.24, 2.45) is 5.92 Å². The third kappa shape index (κ3) is 9.45. The smallest absolute Gasteiger partial charge is 0.267 e. The van der Waals surface area contributed by atoms with Crippen molar-refractivity contribution >= 4 is 17.9 Å². The van der Waals surface area contributed by atoms with Crippen LogP contribution < -0.4 is 20.1 Å². The molecule has 0 unspecified atom stereocenters. The van der Waals surface area contributed by atoms with Crippen LogP contribution in [0.1, 0.15) is 61.9 Å². The Morgan fingerprint density at radius 2 is 1.71 bits per heavy atom. The van der Waals surface area contributed by atoms with Crippen LogP contribution in [0, 0.1) is 5.92 Å². The average Bonchev–Trinajstić information content (AvgIpc) is 3.67. The number of ether oxygens (including phenoxy) is 2. The summed E-state index contributed by atoms with van der Waals surface area (Å²) < 4.78 is 11.4. The van der Waals surface area contributed by atoms with E-state index in [1.165, 1.54) is 25.7 Å². The summed E-state index contributed by atoms with van der Waals surface area (Å²) in [5.41, 5.74) is 1.21. The zero-order chi connectivity index (χ0) is 25.0. The Morgan fingerprint density at radius 1 is 1.03 bits per heavy atom. The second-order valence-electron chi connectivity index (χ2n) is 9.04. The van der Waals surface area contributed by atoms with Crippen LogP contribution >= 0.6 is 0 Å². The van der Waals surface area contributed by atoms with Gasteiger partial charge in [-0.3, -0.25) is 9.59 Å². The summed E-state index contributed by atoms with van der Waals surface area (Å²) in [5, 5.41) is 14.3. The molecule has 0 aromatic heterocycles. The molecule has 3 N–H and O–H groups in total. The molecule has 0 bridgehead atoms. The van der Waals surface area contributed by atoms with Gasteiger partial charge in [-0.25, -0.2) is 0 Å². The number of aliphatic hydroxyl groups excluding tert-OH is 1. The lowest BCUT2D eigenvalue weighted by Crippen LogP contribution is -2.36. The lowest BCUT2D eigenvalue weighted by atomic mass is 10.1. The first kappa shape index (κ1) is 26.3. The van der Waals surface area contributed by atoms with Gasteiger partial charge in [-0.05, 0) is 80.6 Å². The molecule has 0 atom stereocenters. The van der Waals surface area contributed by atoms with Gasteiger partial charge in [-0.15, -0.1) is 0 Å². The molecule has 1 aliphatic rings. The molecule has 0 heterocycles. The SMILES string of the molecule is CC(C)Oc1ccc(/C=C(/NC(=O)c2ccc(OCCCCC3CC3)cc2)C(=O)NCCO)cc1. The van der Waals surface area contributed by atoms with Gasteiger partial charge in [-0.1, -0.05) is 31.4 Å². The van der Waals surface area contributed by atoms with Crippen LogP contribution in [-0.2, 0) is 4.79 Å². The lowest BCUT2D eigenvalue weighted by Gasteiger charge is -2.12. The van der Waals surface area contributed by atoms with Crippen molar-refractivity contribution in [2.45, 2.75) is 52.1 Å². The molecular weight excluding hydrogens is 444 g/mol. The van der Waals surface area contributed by atoms with Crippen LogP contribution in [0.5, 0.6) is 11.5 Å². The van der Waals surface area contributed by atoms with Gasteiger partial charge in [0.2, 0.25) is 0 Å². The van der Waals surface area contributed by atoms with Gasteiger partial charge in [0.1, 0.15) is 17.2 Å². The molecular formula is C28H36N2O5. The lowest BCUT2D eigenvalue weighted by molar-refractivity contribution is -0.117. The topological polar surface area (TPSA) is 96.9 Å². The molecule has 2 aromatic carbocycles. The Hall–Kier alpha value is -3.32. The van der Waals surface area contributed by atoms with Crippen LogP contribution in [0.2, 0.25) is 0 Å². The molecule has 35 heavy (non-hydrogen) atoms. The fourth-order valence-corrected chi connectivity index (χ4v) is 3.53. The molecule has 7 nitrogen and oxygen atoms in total. The summed E-state index contributed by atoms with van der Waals surface area (Å²) in [5.74, 6) is 1.48. The number of carbonyl (C=O) groups is 2. The number of carbonyl (C=O) groups excluding carboxylic acids is 2. The van der Waals surface area contributed by atoms with Crippen LogP contribution in [0.3, 0.4) is 0 Å². The third-order valence-electron chi connectivity index (χ3n) is 5.54. The van der Waals surface area contributed by atoms with Crippen molar-refractivity contribution in [3.8, 4) is 11.5 Å². The molecule has 2 aromatic rings. The van der Waals surface area contributed by atoms with E-state index in [9.17, 15) is 9.59 Å². The predicted molar refractivity (Wildman–Crippen MR) is 136 cm³/mol. The number of benzene rings is 2. The molecule has 0 spiro atoms. The second kappa shape index (κ2) is 13.5. The Bertz CT molecular complexity index is 979. The van der Waals surface area contributed by atoms with E-state index < -0.39 is 11.8 Å². The van der Waals surface area contributed by atoms with E-state index in [0.717, 1.165) is 23.7 Å². The van der Waals surface area contributed by atoms with Crippen molar-refractivity contribution in [1.82, 2.24) is 10.6 Å². The minimum atomic E-state index is -0.485. The van der Waals surface area contributed by atoms with E-state index in [2.05, 4.69) is 10.6 Å². The molecule has 188 valence electrons. The van der Waals surface area contributed by atoms with Crippen molar-refractivity contribution in [3.05, 3.63) is 65.4 Å². The summed E-state index contributed by atoms with van der Waals surface area (Å²) in [6.07, 6.45) is 7.91. The van der Waals surface area contributed by atoms with E-state index in [0.29, 0.717) is 17.9 Å². The molecule has 1 fully saturated rings. The second-order valence-corrected chi connectivity index (χ2v) is 9.04. The van der Waals surface area contributed by atoms with Gasteiger partial charge in [0.25, 0.3) is 11.8 Å². The maximum absolute atomic E-state index is 12.8. The summed E-state index contributed by atoms with van der Waals surface area (Å²) in [4.78, 5) is 25.4. The Kier molecular flexibility index (Phi) is 10.2. The number of aliphatic hydroxyl groups is 1. The molecule has 0 aliphatic heterocycles. The molecule has 0 radical (unpaired) electrons. The predicted octanol–water partition coefficient (Wildman–Crippen LogP) is 4.31. The maximum atomic E-state index is 12.8. The molecule has 7 heteroatoms. The number of rotatable bonds is 14. The van der Waals surface area contributed by atoms with Crippen LogP contribution in [0.25, 0.3) is 6.08 Å². The van der Waals surface area contributed by atoms with Crippen LogP contribution in [-0.4, -0.2) is 42.8 Å². The van der Waals surface area contributed by atoms with Gasteiger partial charge in [-0.2, -0.15) is 0 Å². The molecule has 2 amide bonds. The fourth-order valence-electron chi connectivity index (χ4n) is 3.53. The third-order valence-corrected chi connectivity index (χ3v) is 5.54. The highest BCUT2D eigenvalue weighted by Crippen LogP contribution is 2.33. The minimum absolute atomic E-state index is 0.0552.